The molecule has 2 rings (SSSR count). The lowest BCUT2D eigenvalue weighted by Gasteiger charge is -2.38. The standard InChI is InChI=1S/C13H22N2O2/c1-10(2)12(16)15-6-3-5-11(9-15)13(17)14-7-4-8-14/h10-11H,3-9H2,1-2H3/t11-/m0/s1. The Morgan fingerprint density at radius 3 is 2.24 bits per heavy atom. The van der Waals surface area contributed by atoms with Crippen LogP contribution < -0.4 is 0 Å². The maximum atomic E-state index is 12.1. The molecule has 0 N–H and O–H groups in total. The van der Waals surface area contributed by atoms with Gasteiger partial charge in [0.2, 0.25) is 11.8 Å². The first-order valence-electron chi connectivity index (χ1n) is 6.67. The third-order valence-corrected chi connectivity index (χ3v) is 3.74. The highest BCUT2D eigenvalue weighted by Crippen LogP contribution is 2.22. The topological polar surface area (TPSA) is 40.6 Å². The van der Waals surface area contributed by atoms with Gasteiger partial charge in [-0.2, -0.15) is 0 Å². The Balaban J connectivity index is 1.92. The van der Waals surface area contributed by atoms with Gasteiger partial charge in [0.15, 0.2) is 0 Å². The predicted octanol–water partition coefficient (Wildman–Crippen LogP) is 1.11. The number of rotatable bonds is 2. The van der Waals surface area contributed by atoms with Gasteiger partial charge in [-0.25, -0.2) is 0 Å². The van der Waals surface area contributed by atoms with Gasteiger partial charge < -0.3 is 9.80 Å². The fraction of sp³-hybridized carbons (Fsp3) is 0.846. The van der Waals surface area contributed by atoms with Gasteiger partial charge in [-0.05, 0) is 19.3 Å². The summed E-state index contributed by atoms with van der Waals surface area (Å²) in [6.45, 7) is 7.11. The minimum Gasteiger partial charge on any atom is -0.342 e. The first-order valence-corrected chi connectivity index (χ1v) is 6.67. The minimum atomic E-state index is 0.0351. The van der Waals surface area contributed by atoms with E-state index in [1.54, 1.807) is 0 Å². The van der Waals surface area contributed by atoms with E-state index in [4.69, 9.17) is 0 Å². The molecule has 0 spiro atoms. The number of hydrogen-bond acceptors (Lipinski definition) is 2. The molecule has 0 aromatic carbocycles. The predicted molar refractivity (Wildman–Crippen MR) is 65.3 cm³/mol. The second kappa shape index (κ2) is 5.07. The summed E-state index contributed by atoms with van der Waals surface area (Å²) in [6, 6.07) is 0. The first-order chi connectivity index (χ1) is 8.09. The summed E-state index contributed by atoms with van der Waals surface area (Å²) in [7, 11) is 0. The number of likely N-dealkylation sites (tertiary alicyclic amines) is 2. The van der Waals surface area contributed by atoms with E-state index in [9.17, 15) is 9.59 Å². The molecule has 0 aromatic heterocycles. The van der Waals surface area contributed by atoms with Crippen molar-refractivity contribution in [2.45, 2.75) is 33.1 Å². The molecule has 4 heteroatoms. The molecule has 2 heterocycles. The number of nitrogens with zero attached hydrogens (tertiary/aromatic N) is 2. The highest BCUT2D eigenvalue weighted by molar-refractivity contribution is 5.82. The number of piperidine rings is 1. The zero-order valence-corrected chi connectivity index (χ0v) is 10.8. The van der Waals surface area contributed by atoms with E-state index in [-0.39, 0.29) is 23.7 Å². The van der Waals surface area contributed by atoms with Gasteiger partial charge in [-0.3, -0.25) is 9.59 Å². The van der Waals surface area contributed by atoms with Crippen LogP contribution in [0.3, 0.4) is 0 Å². The molecule has 0 bridgehead atoms. The average Bonchev–Trinajstić information content (AvgIpc) is 2.25. The molecule has 0 saturated carbocycles. The van der Waals surface area contributed by atoms with Gasteiger partial charge in [0, 0.05) is 32.1 Å². The molecule has 0 aliphatic carbocycles. The van der Waals surface area contributed by atoms with Crippen molar-refractivity contribution in [3.63, 3.8) is 0 Å². The van der Waals surface area contributed by atoms with Crippen LogP contribution in [0.5, 0.6) is 0 Å². The summed E-state index contributed by atoms with van der Waals surface area (Å²) < 4.78 is 0. The van der Waals surface area contributed by atoms with Crippen molar-refractivity contribution < 1.29 is 9.59 Å². The van der Waals surface area contributed by atoms with Crippen LogP contribution in [0.15, 0.2) is 0 Å². The minimum absolute atomic E-state index is 0.0351. The Hall–Kier alpha value is -1.06. The molecule has 96 valence electrons. The summed E-state index contributed by atoms with van der Waals surface area (Å²) >= 11 is 0. The molecule has 2 amide bonds. The van der Waals surface area contributed by atoms with E-state index in [1.807, 2.05) is 23.6 Å². The normalized spacial score (nSPS) is 24.8. The third-order valence-electron chi connectivity index (χ3n) is 3.74. The van der Waals surface area contributed by atoms with Gasteiger partial charge in [0.1, 0.15) is 0 Å². The average molecular weight is 238 g/mol. The molecular formula is C13H22N2O2. The molecule has 0 radical (unpaired) electrons. The Morgan fingerprint density at radius 1 is 1.06 bits per heavy atom. The smallest absolute Gasteiger partial charge is 0.227 e. The second-order valence-corrected chi connectivity index (χ2v) is 5.46. The van der Waals surface area contributed by atoms with E-state index in [0.29, 0.717) is 6.54 Å². The van der Waals surface area contributed by atoms with Crippen molar-refractivity contribution in [3.05, 3.63) is 0 Å². The maximum absolute atomic E-state index is 12.1. The van der Waals surface area contributed by atoms with Crippen molar-refractivity contribution in [3.8, 4) is 0 Å². The second-order valence-electron chi connectivity index (χ2n) is 5.46. The van der Waals surface area contributed by atoms with Crippen molar-refractivity contribution >= 4 is 11.8 Å². The first kappa shape index (κ1) is 12.4. The summed E-state index contributed by atoms with van der Waals surface area (Å²) in [5.74, 6) is 0.531. The van der Waals surface area contributed by atoms with Crippen LogP contribution in [0.25, 0.3) is 0 Å². The molecular weight excluding hydrogens is 216 g/mol. The molecule has 4 nitrogen and oxygen atoms in total. The van der Waals surface area contributed by atoms with Crippen LogP contribution in [-0.2, 0) is 9.59 Å². The Labute approximate surface area is 103 Å². The highest BCUT2D eigenvalue weighted by atomic mass is 16.2. The third kappa shape index (κ3) is 2.61. The van der Waals surface area contributed by atoms with Crippen LogP contribution in [0.2, 0.25) is 0 Å². The molecule has 0 aromatic rings. The summed E-state index contributed by atoms with van der Waals surface area (Å²) in [4.78, 5) is 27.8. The van der Waals surface area contributed by atoms with E-state index in [2.05, 4.69) is 0 Å². The lowest BCUT2D eigenvalue weighted by molar-refractivity contribution is -0.144. The van der Waals surface area contributed by atoms with Crippen LogP contribution >= 0.6 is 0 Å². The van der Waals surface area contributed by atoms with E-state index >= 15 is 0 Å². The number of carbonyl (C=O) groups is 2. The maximum Gasteiger partial charge on any atom is 0.227 e. The Bertz CT molecular complexity index is 311. The Kier molecular flexibility index (Phi) is 3.69. The van der Waals surface area contributed by atoms with Crippen molar-refractivity contribution in [2.75, 3.05) is 26.2 Å². The van der Waals surface area contributed by atoms with E-state index in [0.717, 1.165) is 38.9 Å². The number of amides is 2. The lowest BCUT2D eigenvalue weighted by atomic mass is 9.94. The SMILES string of the molecule is CC(C)C(=O)N1CCC[C@H](C(=O)N2CCC2)C1. The molecule has 17 heavy (non-hydrogen) atoms. The molecule has 2 saturated heterocycles. The zero-order chi connectivity index (χ0) is 12.4. The van der Waals surface area contributed by atoms with Crippen molar-refractivity contribution in [1.82, 2.24) is 9.80 Å². The summed E-state index contributed by atoms with van der Waals surface area (Å²) in [5.41, 5.74) is 0. The Morgan fingerprint density at radius 2 is 1.71 bits per heavy atom. The number of hydrogen-bond donors (Lipinski definition) is 0. The molecule has 2 aliphatic heterocycles. The van der Waals surface area contributed by atoms with Crippen molar-refractivity contribution in [2.24, 2.45) is 11.8 Å². The fourth-order valence-corrected chi connectivity index (χ4v) is 2.54. The molecule has 2 aliphatic rings. The van der Waals surface area contributed by atoms with Gasteiger partial charge >= 0.3 is 0 Å². The van der Waals surface area contributed by atoms with Crippen LogP contribution in [-0.4, -0.2) is 47.8 Å². The number of carbonyl (C=O) groups excluding carboxylic acids is 2. The van der Waals surface area contributed by atoms with E-state index < -0.39 is 0 Å². The van der Waals surface area contributed by atoms with Gasteiger partial charge in [0.25, 0.3) is 0 Å². The van der Waals surface area contributed by atoms with E-state index in [1.165, 1.54) is 0 Å². The quantitative estimate of drug-likeness (QED) is 0.723. The van der Waals surface area contributed by atoms with Gasteiger partial charge in [-0.1, -0.05) is 13.8 Å². The van der Waals surface area contributed by atoms with Gasteiger partial charge in [-0.15, -0.1) is 0 Å². The monoisotopic (exact) mass is 238 g/mol. The van der Waals surface area contributed by atoms with Crippen LogP contribution in [0.4, 0.5) is 0 Å². The lowest BCUT2D eigenvalue weighted by Crippen LogP contribution is -2.51. The van der Waals surface area contributed by atoms with Crippen LogP contribution in [0, 0.1) is 11.8 Å². The molecule has 2 fully saturated rings. The summed E-state index contributed by atoms with van der Waals surface area (Å²) in [6.07, 6.45) is 3.03. The fourth-order valence-electron chi connectivity index (χ4n) is 2.54. The van der Waals surface area contributed by atoms with Crippen LogP contribution in [0.1, 0.15) is 33.1 Å². The van der Waals surface area contributed by atoms with Crippen molar-refractivity contribution in [1.29, 1.82) is 0 Å². The molecule has 0 unspecified atom stereocenters. The highest BCUT2D eigenvalue weighted by Gasteiger charge is 2.33. The summed E-state index contributed by atoms with van der Waals surface area (Å²) in [5, 5.41) is 0. The zero-order valence-electron chi connectivity index (χ0n) is 10.8. The molecule has 1 atom stereocenters. The van der Waals surface area contributed by atoms with Gasteiger partial charge in [0.05, 0.1) is 5.92 Å². The largest absolute Gasteiger partial charge is 0.342 e.